The number of hydrogen-bond donors (Lipinski definition) is 1. The van der Waals surface area contributed by atoms with Crippen LogP contribution in [0.1, 0.15) is 58.8 Å². The van der Waals surface area contributed by atoms with Gasteiger partial charge in [-0.3, -0.25) is 14.9 Å². The average Bonchev–Trinajstić information content (AvgIpc) is 2.84. The van der Waals surface area contributed by atoms with Crippen molar-refractivity contribution in [3.05, 3.63) is 77.1 Å². The fourth-order valence-electron chi connectivity index (χ4n) is 4.34. The van der Waals surface area contributed by atoms with Crippen LogP contribution < -0.4 is 14.8 Å². The number of anilines is 1. The molecule has 0 spiro atoms. The fourth-order valence-corrected chi connectivity index (χ4v) is 4.34. The van der Waals surface area contributed by atoms with Gasteiger partial charge in [-0.2, -0.15) is 0 Å². The second kappa shape index (κ2) is 9.81. The predicted octanol–water partition coefficient (Wildman–Crippen LogP) is 4.54. The maximum atomic E-state index is 12.9. The van der Waals surface area contributed by atoms with Crippen molar-refractivity contribution >= 4 is 17.6 Å². The fraction of sp³-hybridized carbons (Fsp3) is 0.308. The number of ketones is 1. The number of hydrogen-bond acceptors (Lipinski definition) is 6. The van der Waals surface area contributed by atoms with E-state index in [2.05, 4.69) is 15.3 Å². The molecule has 0 radical (unpaired) electrons. The molecule has 0 unspecified atom stereocenters. The van der Waals surface area contributed by atoms with Crippen molar-refractivity contribution in [3.8, 4) is 11.5 Å². The molecule has 1 aliphatic carbocycles. The molecule has 1 heterocycles. The summed E-state index contributed by atoms with van der Waals surface area (Å²) in [7, 11) is 3.20. The second-order valence-electron chi connectivity index (χ2n) is 8.05. The lowest BCUT2D eigenvalue weighted by Crippen LogP contribution is -2.25. The molecule has 0 bridgehead atoms. The Morgan fingerprint density at radius 2 is 1.91 bits per heavy atom. The smallest absolute Gasteiger partial charge is 0.234 e. The van der Waals surface area contributed by atoms with E-state index in [1.54, 1.807) is 14.2 Å². The lowest BCUT2D eigenvalue weighted by Gasteiger charge is -2.25. The molecule has 0 saturated heterocycles. The highest BCUT2D eigenvalue weighted by Gasteiger charge is 2.30. The van der Waals surface area contributed by atoms with Gasteiger partial charge in [-0.1, -0.05) is 43.3 Å². The number of amides is 1. The molecule has 0 fully saturated rings. The molecule has 1 aliphatic rings. The normalized spacial score (nSPS) is 16.0. The van der Waals surface area contributed by atoms with Crippen LogP contribution in [-0.2, 0) is 11.2 Å². The van der Waals surface area contributed by atoms with Gasteiger partial charge in [0.1, 0.15) is 11.5 Å². The molecular formula is C26H27N3O4. The third-order valence-electron chi connectivity index (χ3n) is 6.08. The molecule has 4 rings (SSSR count). The number of aromatic nitrogens is 2. The Labute approximate surface area is 193 Å². The van der Waals surface area contributed by atoms with Crippen LogP contribution in [0.3, 0.4) is 0 Å². The van der Waals surface area contributed by atoms with E-state index < -0.39 is 0 Å². The molecule has 7 heteroatoms. The summed E-state index contributed by atoms with van der Waals surface area (Å²) in [5.74, 6) is 0.997. The van der Waals surface area contributed by atoms with Crippen LogP contribution in [0.15, 0.2) is 54.7 Å². The zero-order valence-electron chi connectivity index (χ0n) is 19.0. The van der Waals surface area contributed by atoms with Gasteiger partial charge in [0.05, 0.1) is 31.4 Å². The van der Waals surface area contributed by atoms with Crippen LogP contribution >= 0.6 is 0 Å². The Morgan fingerprint density at radius 3 is 2.61 bits per heavy atom. The Kier molecular flexibility index (Phi) is 6.68. The van der Waals surface area contributed by atoms with Gasteiger partial charge < -0.3 is 9.47 Å². The number of rotatable bonds is 7. The SMILES string of the molecule is CC[C@H](C(=O)Nc1ncc2c(n1)C[C@H](c1ccc(OC)cc1OC)CC2=O)c1ccccc1. The van der Waals surface area contributed by atoms with E-state index in [1.165, 1.54) is 6.20 Å². The summed E-state index contributed by atoms with van der Waals surface area (Å²) in [6.07, 6.45) is 3.06. The number of carbonyl (C=O) groups excluding carboxylic acids is 2. The Hall–Kier alpha value is -3.74. The van der Waals surface area contributed by atoms with Gasteiger partial charge in [-0.25, -0.2) is 9.97 Å². The number of nitrogens with zero attached hydrogens (tertiary/aromatic N) is 2. The van der Waals surface area contributed by atoms with Crippen molar-refractivity contribution in [1.29, 1.82) is 0 Å². The molecule has 33 heavy (non-hydrogen) atoms. The predicted molar refractivity (Wildman–Crippen MR) is 125 cm³/mol. The first-order valence-electron chi connectivity index (χ1n) is 11.0. The van der Waals surface area contributed by atoms with Gasteiger partial charge in [0.15, 0.2) is 5.78 Å². The Morgan fingerprint density at radius 1 is 1.12 bits per heavy atom. The number of carbonyl (C=O) groups is 2. The third-order valence-corrected chi connectivity index (χ3v) is 6.08. The number of methoxy groups -OCH3 is 2. The van der Waals surface area contributed by atoms with Crippen LogP contribution in [-0.4, -0.2) is 35.9 Å². The first-order chi connectivity index (χ1) is 16.0. The first kappa shape index (κ1) is 22.5. The van der Waals surface area contributed by atoms with Gasteiger partial charge in [-0.15, -0.1) is 0 Å². The topological polar surface area (TPSA) is 90.4 Å². The van der Waals surface area contributed by atoms with Crippen molar-refractivity contribution in [1.82, 2.24) is 9.97 Å². The van der Waals surface area contributed by atoms with Crippen molar-refractivity contribution in [3.63, 3.8) is 0 Å². The minimum Gasteiger partial charge on any atom is -0.497 e. The minimum absolute atomic E-state index is 0.0206. The largest absolute Gasteiger partial charge is 0.497 e. The highest BCUT2D eigenvalue weighted by Crippen LogP contribution is 2.38. The molecule has 2 aromatic carbocycles. The van der Waals surface area contributed by atoms with Crippen LogP contribution in [0.2, 0.25) is 0 Å². The molecule has 3 aromatic rings. The van der Waals surface area contributed by atoms with E-state index in [4.69, 9.17) is 9.47 Å². The molecule has 1 N–H and O–H groups in total. The number of fused-ring (bicyclic) bond motifs is 1. The lowest BCUT2D eigenvalue weighted by atomic mass is 9.82. The standard InChI is InChI=1S/C26H27N3O4/c1-4-19(16-8-6-5-7-9-16)25(31)29-26-27-15-21-22(28-26)12-17(13-23(21)30)20-11-10-18(32-2)14-24(20)33-3/h5-11,14-15,17,19H,4,12-13H2,1-3H3,(H,27,28,29,31)/t17-,19-/m0/s1. The van der Waals surface area contributed by atoms with E-state index in [0.717, 1.165) is 11.1 Å². The molecule has 1 amide bonds. The molecule has 0 saturated carbocycles. The van der Waals surface area contributed by atoms with Crippen LogP contribution in [0, 0.1) is 0 Å². The average molecular weight is 446 g/mol. The van der Waals surface area contributed by atoms with E-state index in [9.17, 15) is 9.59 Å². The number of nitrogens with one attached hydrogen (secondary N) is 1. The summed E-state index contributed by atoms with van der Waals surface area (Å²) in [6.45, 7) is 1.97. The van der Waals surface area contributed by atoms with E-state index >= 15 is 0 Å². The van der Waals surface area contributed by atoms with Gasteiger partial charge in [-0.05, 0) is 30.0 Å². The third kappa shape index (κ3) is 4.72. The Bertz CT molecular complexity index is 1160. The molecular weight excluding hydrogens is 418 g/mol. The Balaban J connectivity index is 1.57. The van der Waals surface area contributed by atoms with E-state index in [1.807, 2.05) is 55.5 Å². The summed E-state index contributed by atoms with van der Waals surface area (Å²) in [4.78, 5) is 34.5. The maximum absolute atomic E-state index is 12.9. The minimum atomic E-state index is -0.302. The van der Waals surface area contributed by atoms with Crippen molar-refractivity contribution in [2.24, 2.45) is 0 Å². The summed E-state index contributed by atoms with van der Waals surface area (Å²) in [5, 5.41) is 2.83. The number of Topliss-reactive ketones (excluding diaryl/α,β-unsaturated/α-hetero) is 1. The summed E-state index contributed by atoms with van der Waals surface area (Å²) >= 11 is 0. The lowest BCUT2D eigenvalue weighted by molar-refractivity contribution is -0.117. The highest BCUT2D eigenvalue weighted by atomic mass is 16.5. The molecule has 1 aromatic heterocycles. The monoisotopic (exact) mass is 445 g/mol. The highest BCUT2D eigenvalue weighted by molar-refractivity contribution is 5.99. The van der Waals surface area contributed by atoms with E-state index in [-0.39, 0.29) is 29.5 Å². The zero-order valence-corrected chi connectivity index (χ0v) is 19.0. The van der Waals surface area contributed by atoms with Gasteiger partial charge in [0.25, 0.3) is 0 Å². The summed E-state index contributed by atoms with van der Waals surface area (Å²) < 4.78 is 10.8. The molecule has 0 aliphatic heterocycles. The van der Waals surface area contributed by atoms with Gasteiger partial charge >= 0.3 is 0 Å². The summed E-state index contributed by atoms with van der Waals surface area (Å²) in [5.41, 5.74) is 3.01. The van der Waals surface area contributed by atoms with Gasteiger partial charge in [0, 0.05) is 24.6 Å². The van der Waals surface area contributed by atoms with Crippen molar-refractivity contribution < 1.29 is 19.1 Å². The van der Waals surface area contributed by atoms with Crippen LogP contribution in [0.25, 0.3) is 0 Å². The van der Waals surface area contributed by atoms with E-state index in [0.29, 0.717) is 42.0 Å². The zero-order chi connectivity index (χ0) is 23.4. The van der Waals surface area contributed by atoms with Crippen LogP contribution in [0.5, 0.6) is 11.5 Å². The maximum Gasteiger partial charge on any atom is 0.234 e. The molecule has 2 atom stereocenters. The second-order valence-corrected chi connectivity index (χ2v) is 8.05. The summed E-state index contributed by atoms with van der Waals surface area (Å²) in [6, 6.07) is 15.2. The quantitative estimate of drug-likeness (QED) is 0.574. The van der Waals surface area contributed by atoms with Crippen LogP contribution in [0.4, 0.5) is 5.95 Å². The first-order valence-corrected chi connectivity index (χ1v) is 11.0. The van der Waals surface area contributed by atoms with Crippen molar-refractivity contribution in [2.45, 2.75) is 38.0 Å². The molecule has 170 valence electrons. The number of ether oxygens (including phenoxy) is 2. The van der Waals surface area contributed by atoms with Crippen molar-refractivity contribution in [2.75, 3.05) is 19.5 Å². The number of benzene rings is 2. The molecule has 7 nitrogen and oxygen atoms in total. The van der Waals surface area contributed by atoms with Gasteiger partial charge in [0.2, 0.25) is 11.9 Å².